The van der Waals surface area contributed by atoms with Gasteiger partial charge < -0.3 is 5.11 Å². The third-order valence-electron chi connectivity index (χ3n) is 1.38. The van der Waals surface area contributed by atoms with E-state index in [1.807, 2.05) is 0 Å². The Morgan fingerprint density at radius 3 is 2.60 bits per heavy atom. The number of carboxylic acid groups (broad SMARTS) is 1. The molecule has 0 aromatic heterocycles. The van der Waals surface area contributed by atoms with Crippen molar-refractivity contribution in [2.24, 2.45) is 5.92 Å². The van der Waals surface area contributed by atoms with Gasteiger partial charge in [0.15, 0.2) is 0 Å². The topological polar surface area (TPSA) is 37.3 Å². The Bertz CT molecular complexity index is 104. The van der Waals surface area contributed by atoms with Crippen LogP contribution in [0.25, 0.3) is 0 Å². The van der Waals surface area contributed by atoms with Crippen LogP contribution < -0.4 is 0 Å². The highest BCUT2D eigenvalue weighted by molar-refractivity contribution is 14.1. The minimum absolute atomic E-state index is 0.330. The van der Waals surface area contributed by atoms with Gasteiger partial charge >= 0.3 is 5.97 Å². The SMILES string of the molecule is CCC[C@H](CI)CC(=O)O. The van der Waals surface area contributed by atoms with E-state index >= 15 is 0 Å². The monoisotopic (exact) mass is 256 g/mol. The Hall–Kier alpha value is 0.200. The number of alkyl halides is 1. The van der Waals surface area contributed by atoms with Crippen LogP contribution in [-0.2, 0) is 4.79 Å². The lowest BCUT2D eigenvalue weighted by Gasteiger charge is -2.08. The molecule has 0 aliphatic rings. The van der Waals surface area contributed by atoms with Gasteiger partial charge in [-0.05, 0) is 12.3 Å². The second kappa shape index (κ2) is 5.95. The second-order valence-corrected chi connectivity index (χ2v) is 3.29. The van der Waals surface area contributed by atoms with Gasteiger partial charge in [0, 0.05) is 10.8 Å². The van der Waals surface area contributed by atoms with Crippen molar-refractivity contribution in [3.63, 3.8) is 0 Å². The van der Waals surface area contributed by atoms with E-state index in [1.165, 1.54) is 0 Å². The molecule has 0 radical (unpaired) electrons. The normalized spacial score (nSPS) is 13.0. The number of carboxylic acids is 1. The average Bonchev–Trinajstić information content (AvgIpc) is 1.86. The van der Waals surface area contributed by atoms with Gasteiger partial charge in [-0.25, -0.2) is 0 Å². The quantitative estimate of drug-likeness (QED) is 0.605. The van der Waals surface area contributed by atoms with Gasteiger partial charge in [-0.1, -0.05) is 35.9 Å². The number of aliphatic carboxylic acids is 1. The number of hydrogen-bond donors (Lipinski definition) is 1. The summed E-state index contributed by atoms with van der Waals surface area (Å²) in [6.45, 7) is 2.08. The Balaban J connectivity index is 3.49. The van der Waals surface area contributed by atoms with Crippen LogP contribution in [0.3, 0.4) is 0 Å². The van der Waals surface area contributed by atoms with E-state index in [0.29, 0.717) is 12.3 Å². The molecule has 0 aliphatic carbocycles. The molecule has 1 atom stereocenters. The zero-order valence-electron chi connectivity index (χ0n) is 6.14. The molecule has 1 N–H and O–H groups in total. The largest absolute Gasteiger partial charge is 0.481 e. The Morgan fingerprint density at radius 1 is 1.70 bits per heavy atom. The highest BCUT2D eigenvalue weighted by Gasteiger charge is 2.09. The summed E-state index contributed by atoms with van der Waals surface area (Å²) in [6, 6.07) is 0. The lowest BCUT2D eigenvalue weighted by Crippen LogP contribution is -2.08. The molecule has 0 heterocycles. The molecule has 0 aromatic rings. The van der Waals surface area contributed by atoms with Gasteiger partial charge in [-0.15, -0.1) is 0 Å². The Kier molecular flexibility index (Phi) is 6.06. The number of carbonyl (C=O) groups is 1. The van der Waals surface area contributed by atoms with E-state index in [0.717, 1.165) is 17.3 Å². The van der Waals surface area contributed by atoms with Gasteiger partial charge in [-0.2, -0.15) is 0 Å². The van der Waals surface area contributed by atoms with Gasteiger partial charge in [-0.3, -0.25) is 4.79 Å². The minimum atomic E-state index is -0.671. The average molecular weight is 256 g/mol. The zero-order valence-corrected chi connectivity index (χ0v) is 8.30. The molecule has 0 unspecified atom stereocenters. The van der Waals surface area contributed by atoms with Gasteiger partial charge in [0.25, 0.3) is 0 Å². The van der Waals surface area contributed by atoms with E-state index in [4.69, 9.17) is 5.11 Å². The number of rotatable bonds is 5. The van der Waals surface area contributed by atoms with Crippen molar-refractivity contribution >= 4 is 28.6 Å². The van der Waals surface area contributed by atoms with Crippen molar-refractivity contribution in [1.29, 1.82) is 0 Å². The van der Waals surface area contributed by atoms with E-state index in [1.54, 1.807) is 0 Å². The summed E-state index contributed by atoms with van der Waals surface area (Å²) in [4.78, 5) is 10.2. The maximum atomic E-state index is 10.2. The van der Waals surface area contributed by atoms with Gasteiger partial charge in [0.1, 0.15) is 0 Å². The zero-order chi connectivity index (χ0) is 7.98. The van der Waals surface area contributed by atoms with Crippen LogP contribution in [0.4, 0.5) is 0 Å². The summed E-state index contributed by atoms with van der Waals surface area (Å²) < 4.78 is 0.956. The van der Waals surface area contributed by atoms with Crippen LogP contribution in [0.2, 0.25) is 0 Å². The van der Waals surface area contributed by atoms with Crippen molar-refractivity contribution in [1.82, 2.24) is 0 Å². The summed E-state index contributed by atoms with van der Waals surface area (Å²) >= 11 is 2.24. The molecule has 10 heavy (non-hydrogen) atoms. The first-order valence-electron chi connectivity index (χ1n) is 3.48. The summed E-state index contributed by atoms with van der Waals surface area (Å²) in [5.41, 5.74) is 0. The molecule has 0 rings (SSSR count). The van der Waals surface area contributed by atoms with Crippen LogP contribution in [0.1, 0.15) is 26.2 Å². The molecule has 0 aromatic carbocycles. The van der Waals surface area contributed by atoms with Crippen LogP contribution >= 0.6 is 22.6 Å². The fourth-order valence-corrected chi connectivity index (χ4v) is 1.64. The van der Waals surface area contributed by atoms with Crippen molar-refractivity contribution in [3.05, 3.63) is 0 Å². The first-order chi connectivity index (χ1) is 4.70. The summed E-state index contributed by atoms with van der Waals surface area (Å²) in [5.74, 6) is -0.293. The molecule has 0 bridgehead atoms. The fourth-order valence-electron chi connectivity index (χ4n) is 0.889. The van der Waals surface area contributed by atoms with Crippen LogP contribution in [0.15, 0.2) is 0 Å². The molecule has 0 fully saturated rings. The Labute approximate surface area is 75.1 Å². The summed E-state index contributed by atoms with van der Waals surface area (Å²) in [6.07, 6.45) is 2.45. The molecule has 0 amide bonds. The molecule has 0 aliphatic heterocycles. The van der Waals surface area contributed by atoms with E-state index in [-0.39, 0.29) is 0 Å². The highest BCUT2D eigenvalue weighted by Crippen LogP contribution is 2.13. The summed E-state index contributed by atoms with van der Waals surface area (Å²) in [7, 11) is 0. The van der Waals surface area contributed by atoms with E-state index in [9.17, 15) is 4.79 Å². The van der Waals surface area contributed by atoms with Crippen LogP contribution in [0, 0.1) is 5.92 Å². The van der Waals surface area contributed by atoms with Gasteiger partial charge in [0.2, 0.25) is 0 Å². The van der Waals surface area contributed by atoms with Crippen molar-refractivity contribution in [2.45, 2.75) is 26.2 Å². The van der Waals surface area contributed by atoms with Crippen molar-refractivity contribution in [3.8, 4) is 0 Å². The smallest absolute Gasteiger partial charge is 0.303 e. The third kappa shape index (κ3) is 5.02. The Morgan fingerprint density at radius 2 is 2.30 bits per heavy atom. The molecular weight excluding hydrogens is 243 g/mol. The summed E-state index contributed by atoms with van der Waals surface area (Å²) in [5, 5.41) is 8.44. The number of hydrogen-bond acceptors (Lipinski definition) is 1. The first-order valence-corrected chi connectivity index (χ1v) is 5.01. The molecular formula is C7H13IO2. The van der Waals surface area contributed by atoms with Gasteiger partial charge in [0.05, 0.1) is 0 Å². The maximum Gasteiger partial charge on any atom is 0.303 e. The van der Waals surface area contributed by atoms with Crippen molar-refractivity contribution < 1.29 is 9.90 Å². The lowest BCUT2D eigenvalue weighted by molar-refractivity contribution is -0.137. The van der Waals surface area contributed by atoms with E-state index < -0.39 is 5.97 Å². The predicted molar refractivity (Wildman–Crippen MR) is 49.5 cm³/mol. The second-order valence-electron chi connectivity index (χ2n) is 2.41. The molecule has 0 saturated carbocycles. The lowest BCUT2D eigenvalue weighted by atomic mass is 10.0. The number of halogens is 1. The molecule has 3 heteroatoms. The van der Waals surface area contributed by atoms with E-state index in [2.05, 4.69) is 29.5 Å². The van der Waals surface area contributed by atoms with Crippen LogP contribution in [-0.4, -0.2) is 15.5 Å². The maximum absolute atomic E-state index is 10.2. The first kappa shape index (κ1) is 10.2. The molecule has 2 nitrogen and oxygen atoms in total. The molecule has 0 saturated heterocycles. The fraction of sp³-hybridized carbons (Fsp3) is 0.857. The standard InChI is InChI=1S/C7H13IO2/c1-2-3-6(5-8)4-7(9)10/h6H,2-5H2,1H3,(H,9,10)/t6-/m0/s1. The van der Waals surface area contributed by atoms with Crippen molar-refractivity contribution in [2.75, 3.05) is 4.43 Å². The van der Waals surface area contributed by atoms with Crippen LogP contribution in [0.5, 0.6) is 0 Å². The third-order valence-corrected chi connectivity index (χ3v) is 2.62. The molecule has 60 valence electrons. The molecule has 0 spiro atoms. The minimum Gasteiger partial charge on any atom is -0.481 e. The predicted octanol–water partition coefficient (Wildman–Crippen LogP) is 2.31. The highest BCUT2D eigenvalue weighted by atomic mass is 127.